The summed E-state index contributed by atoms with van der Waals surface area (Å²) in [5.41, 5.74) is 0.797. The molecular formula is C14H22FN. The third kappa shape index (κ3) is 4.31. The van der Waals surface area contributed by atoms with Gasteiger partial charge in [0.25, 0.3) is 0 Å². The van der Waals surface area contributed by atoms with Gasteiger partial charge in [0.2, 0.25) is 0 Å². The van der Waals surface area contributed by atoms with Crippen LogP contribution in [0.2, 0.25) is 0 Å². The van der Waals surface area contributed by atoms with Crippen molar-refractivity contribution >= 4 is 0 Å². The smallest absolute Gasteiger partial charge is 0.126 e. The highest BCUT2D eigenvalue weighted by Crippen LogP contribution is 2.09. The van der Waals surface area contributed by atoms with Gasteiger partial charge in [0, 0.05) is 12.1 Å². The quantitative estimate of drug-likeness (QED) is 0.778. The molecule has 1 nitrogen and oxygen atoms in total. The van der Waals surface area contributed by atoms with Gasteiger partial charge in [-0.15, -0.1) is 0 Å². The summed E-state index contributed by atoms with van der Waals surface area (Å²) < 4.78 is 13.4. The molecule has 2 atom stereocenters. The Morgan fingerprint density at radius 1 is 1.19 bits per heavy atom. The summed E-state index contributed by atoms with van der Waals surface area (Å²) in [5.74, 6) is -0.0979. The molecule has 1 N–H and O–H groups in total. The maximum atomic E-state index is 13.4. The molecule has 16 heavy (non-hydrogen) atoms. The molecule has 1 aromatic rings. The van der Waals surface area contributed by atoms with Crippen molar-refractivity contribution in [3.05, 3.63) is 35.6 Å². The van der Waals surface area contributed by atoms with Crippen molar-refractivity contribution in [1.82, 2.24) is 5.32 Å². The number of hydrogen-bond donors (Lipinski definition) is 1. The SMILES string of the molecule is CCCC(C)NC(C)Cc1ccccc1F. The van der Waals surface area contributed by atoms with E-state index < -0.39 is 0 Å². The molecule has 0 aliphatic carbocycles. The van der Waals surface area contributed by atoms with Crippen molar-refractivity contribution in [3.8, 4) is 0 Å². The fourth-order valence-corrected chi connectivity index (χ4v) is 2.05. The number of benzene rings is 1. The normalized spacial score (nSPS) is 14.8. The van der Waals surface area contributed by atoms with Crippen LogP contribution in [0.3, 0.4) is 0 Å². The summed E-state index contributed by atoms with van der Waals surface area (Å²) >= 11 is 0. The van der Waals surface area contributed by atoms with Crippen molar-refractivity contribution in [2.45, 2.75) is 52.1 Å². The van der Waals surface area contributed by atoms with E-state index in [1.807, 2.05) is 12.1 Å². The molecule has 0 spiro atoms. The topological polar surface area (TPSA) is 12.0 Å². The molecular weight excluding hydrogens is 201 g/mol. The van der Waals surface area contributed by atoms with Crippen LogP contribution in [0.25, 0.3) is 0 Å². The minimum absolute atomic E-state index is 0.0979. The molecule has 0 heterocycles. The minimum Gasteiger partial charge on any atom is -0.311 e. The second-order valence-electron chi connectivity index (χ2n) is 4.55. The molecule has 0 radical (unpaired) electrons. The Morgan fingerprint density at radius 2 is 1.88 bits per heavy atom. The second-order valence-corrected chi connectivity index (χ2v) is 4.55. The third-order valence-corrected chi connectivity index (χ3v) is 2.77. The van der Waals surface area contributed by atoms with Gasteiger partial charge in [-0.3, -0.25) is 0 Å². The lowest BCUT2D eigenvalue weighted by Crippen LogP contribution is -2.35. The molecule has 0 aliphatic heterocycles. The fraction of sp³-hybridized carbons (Fsp3) is 0.571. The molecule has 0 fully saturated rings. The molecule has 0 bridgehead atoms. The zero-order valence-corrected chi connectivity index (χ0v) is 10.5. The molecule has 1 aromatic carbocycles. The Morgan fingerprint density at radius 3 is 2.50 bits per heavy atom. The summed E-state index contributed by atoms with van der Waals surface area (Å²) in [4.78, 5) is 0. The number of rotatable bonds is 6. The molecule has 0 saturated heterocycles. The predicted molar refractivity (Wildman–Crippen MR) is 67.1 cm³/mol. The van der Waals surface area contributed by atoms with Crippen molar-refractivity contribution < 1.29 is 4.39 Å². The molecule has 1 rings (SSSR count). The Kier molecular flexibility index (Phi) is 5.47. The summed E-state index contributed by atoms with van der Waals surface area (Å²) in [5, 5.41) is 3.49. The zero-order valence-electron chi connectivity index (χ0n) is 10.5. The van der Waals surface area contributed by atoms with Crippen molar-refractivity contribution in [2.75, 3.05) is 0 Å². The first-order valence-electron chi connectivity index (χ1n) is 6.13. The maximum absolute atomic E-state index is 13.4. The molecule has 2 heteroatoms. The largest absolute Gasteiger partial charge is 0.311 e. The highest BCUT2D eigenvalue weighted by atomic mass is 19.1. The molecule has 0 aliphatic rings. The number of halogens is 1. The average molecular weight is 223 g/mol. The van der Waals surface area contributed by atoms with E-state index in [1.54, 1.807) is 6.07 Å². The minimum atomic E-state index is -0.0979. The average Bonchev–Trinajstić information content (AvgIpc) is 2.21. The van der Waals surface area contributed by atoms with Crippen molar-refractivity contribution in [2.24, 2.45) is 0 Å². The van der Waals surface area contributed by atoms with E-state index in [4.69, 9.17) is 0 Å². The molecule has 0 saturated carbocycles. The lowest BCUT2D eigenvalue weighted by molar-refractivity contribution is 0.436. The van der Waals surface area contributed by atoms with Crippen LogP contribution in [0.5, 0.6) is 0 Å². The Hall–Kier alpha value is -0.890. The first-order valence-corrected chi connectivity index (χ1v) is 6.13. The van der Waals surface area contributed by atoms with Crippen LogP contribution in [0.15, 0.2) is 24.3 Å². The van der Waals surface area contributed by atoms with Crippen LogP contribution in [-0.2, 0) is 6.42 Å². The van der Waals surface area contributed by atoms with Gasteiger partial charge in [-0.1, -0.05) is 31.5 Å². The second kappa shape index (κ2) is 6.64. The van der Waals surface area contributed by atoms with E-state index >= 15 is 0 Å². The van der Waals surface area contributed by atoms with E-state index in [0.29, 0.717) is 12.1 Å². The first kappa shape index (κ1) is 13.2. The van der Waals surface area contributed by atoms with Crippen molar-refractivity contribution in [3.63, 3.8) is 0 Å². The van der Waals surface area contributed by atoms with Crippen LogP contribution in [-0.4, -0.2) is 12.1 Å². The molecule has 2 unspecified atom stereocenters. The standard InChI is InChI=1S/C14H22FN/c1-4-7-11(2)16-12(3)10-13-8-5-6-9-14(13)15/h5-6,8-9,11-12,16H,4,7,10H2,1-3H3. The summed E-state index contributed by atoms with van der Waals surface area (Å²) in [7, 11) is 0. The summed E-state index contributed by atoms with van der Waals surface area (Å²) in [6.45, 7) is 6.47. The predicted octanol–water partition coefficient (Wildman–Crippen LogP) is 3.53. The zero-order chi connectivity index (χ0) is 12.0. The summed E-state index contributed by atoms with van der Waals surface area (Å²) in [6.07, 6.45) is 3.10. The lowest BCUT2D eigenvalue weighted by Gasteiger charge is -2.19. The van der Waals surface area contributed by atoms with Crippen molar-refractivity contribution in [1.29, 1.82) is 0 Å². The Labute approximate surface area is 98.1 Å². The van der Waals surface area contributed by atoms with E-state index in [-0.39, 0.29) is 5.82 Å². The lowest BCUT2D eigenvalue weighted by atomic mass is 10.1. The first-order chi connectivity index (χ1) is 7.63. The Balaban J connectivity index is 2.45. The highest BCUT2D eigenvalue weighted by Gasteiger charge is 2.09. The number of nitrogens with one attached hydrogen (secondary N) is 1. The van der Waals surface area contributed by atoms with Crippen LogP contribution in [0.1, 0.15) is 39.2 Å². The van der Waals surface area contributed by atoms with E-state index in [1.165, 1.54) is 18.9 Å². The fourth-order valence-electron chi connectivity index (χ4n) is 2.05. The van der Waals surface area contributed by atoms with Crippen LogP contribution >= 0.6 is 0 Å². The van der Waals surface area contributed by atoms with Gasteiger partial charge in [0.1, 0.15) is 5.82 Å². The van der Waals surface area contributed by atoms with E-state index in [0.717, 1.165) is 12.0 Å². The van der Waals surface area contributed by atoms with Crippen LogP contribution in [0, 0.1) is 5.82 Å². The van der Waals surface area contributed by atoms with Gasteiger partial charge in [0.15, 0.2) is 0 Å². The van der Waals surface area contributed by atoms with E-state index in [2.05, 4.69) is 26.1 Å². The maximum Gasteiger partial charge on any atom is 0.126 e. The third-order valence-electron chi connectivity index (χ3n) is 2.77. The monoisotopic (exact) mass is 223 g/mol. The Bertz CT molecular complexity index is 311. The van der Waals surface area contributed by atoms with Gasteiger partial charge in [-0.2, -0.15) is 0 Å². The van der Waals surface area contributed by atoms with Crippen LogP contribution in [0.4, 0.5) is 4.39 Å². The molecule has 90 valence electrons. The van der Waals surface area contributed by atoms with E-state index in [9.17, 15) is 4.39 Å². The van der Waals surface area contributed by atoms with Gasteiger partial charge in [-0.05, 0) is 38.3 Å². The summed E-state index contributed by atoms with van der Waals surface area (Å²) in [6, 6.07) is 7.83. The highest BCUT2D eigenvalue weighted by molar-refractivity contribution is 5.18. The van der Waals surface area contributed by atoms with Gasteiger partial charge in [0.05, 0.1) is 0 Å². The molecule has 0 amide bonds. The van der Waals surface area contributed by atoms with Gasteiger partial charge >= 0.3 is 0 Å². The van der Waals surface area contributed by atoms with Gasteiger partial charge < -0.3 is 5.32 Å². The van der Waals surface area contributed by atoms with Gasteiger partial charge in [-0.25, -0.2) is 4.39 Å². The number of hydrogen-bond acceptors (Lipinski definition) is 1. The molecule has 0 aromatic heterocycles. The van der Waals surface area contributed by atoms with Crippen LogP contribution < -0.4 is 5.32 Å².